The van der Waals surface area contributed by atoms with Crippen LogP contribution in [0.1, 0.15) is 33.2 Å². The lowest BCUT2D eigenvalue weighted by Crippen LogP contribution is -2.36. The van der Waals surface area contributed by atoms with E-state index < -0.39 is 0 Å². The van der Waals surface area contributed by atoms with Crippen molar-refractivity contribution in [3.05, 3.63) is 29.9 Å². The van der Waals surface area contributed by atoms with Crippen LogP contribution in [0.2, 0.25) is 0 Å². The third-order valence-corrected chi connectivity index (χ3v) is 4.07. The van der Waals surface area contributed by atoms with Crippen LogP contribution in [0, 0.1) is 0 Å². The van der Waals surface area contributed by atoms with E-state index in [4.69, 9.17) is 0 Å². The Balaban J connectivity index is 2.18. The van der Waals surface area contributed by atoms with Gasteiger partial charge in [-0.1, -0.05) is 13.0 Å². The first-order valence-electron chi connectivity index (χ1n) is 6.50. The van der Waals surface area contributed by atoms with Gasteiger partial charge in [-0.2, -0.15) is 0 Å². The molecule has 2 aromatic heterocycles. The first kappa shape index (κ1) is 13.8. The molecule has 0 radical (unpaired) electrons. The van der Waals surface area contributed by atoms with Crippen LogP contribution < -0.4 is 5.32 Å². The third-order valence-electron chi connectivity index (χ3n) is 3.21. The highest BCUT2D eigenvalue weighted by atomic mass is 32.1. The molecular weight excluding hydrogens is 258 g/mol. The van der Waals surface area contributed by atoms with Crippen molar-refractivity contribution < 1.29 is 4.79 Å². The number of hydrogen-bond acceptors (Lipinski definition) is 3. The summed E-state index contributed by atoms with van der Waals surface area (Å²) in [7, 11) is 0. The number of nitrogens with one attached hydrogen (secondary N) is 1. The summed E-state index contributed by atoms with van der Waals surface area (Å²) in [6.07, 6.45) is 4.53. The summed E-state index contributed by atoms with van der Waals surface area (Å²) in [5.74, 6) is 0.881. The van der Waals surface area contributed by atoms with E-state index >= 15 is 0 Å². The van der Waals surface area contributed by atoms with Crippen molar-refractivity contribution in [2.45, 2.75) is 39.3 Å². The van der Waals surface area contributed by atoms with Gasteiger partial charge in [-0.15, -0.1) is 11.3 Å². The number of thiophene rings is 1. The molecule has 0 bridgehead atoms. The minimum Gasteiger partial charge on any atom is -0.352 e. The molecule has 0 aliphatic carbocycles. The van der Waals surface area contributed by atoms with Gasteiger partial charge in [0.2, 0.25) is 5.91 Å². The predicted molar refractivity (Wildman–Crippen MR) is 78.1 cm³/mol. The van der Waals surface area contributed by atoms with Crippen molar-refractivity contribution in [1.29, 1.82) is 0 Å². The van der Waals surface area contributed by atoms with Crippen molar-refractivity contribution in [2.75, 3.05) is 0 Å². The topological polar surface area (TPSA) is 46.9 Å². The molecule has 0 aliphatic rings. The Hall–Kier alpha value is -1.62. The van der Waals surface area contributed by atoms with E-state index in [0.29, 0.717) is 0 Å². The number of aromatic nitrogens is 2. The lowest BCUT2D eigenvalue weighted by molar-refractivity contribution is -0.124. The quantitative estimate of drug-likeness (QED) is 0.913. The lowest BCUT2D eigenvalue weighted by Gasteiger charge is -2.18. The second-order valence-electron chi connectivity index (χ2n) is 4.63. The van der Waals surface area contributed by atoms with Gasteiger partial charge >= 0.3 is 0 Å². The molecule has 0 fully saturated rings. The van der Waals surface area contributed by atoms with Crippen molar-refractivity contribution in [2.24, 2.45) is 0 Å². The fraction of sp³-hybridized carbons (Fsp3) is 0.429. The van der Waals surface area contributed by atoms with Gasteiger partial charge in [0.25, 0.3) is 0 Å². The van der Waals surface area contributed by atoms with E-state index in [2.05, 4.69) is 17.2 Å². The summed E-state index contributed by atoms with van der Waals surface area (Å²) >= 11 is 1.63. The van der Waals surface area contributed by atoms with Gasteiger partial charge in [0.15, 0.2) is 5.82 Å². The van der Waals surface area contributed by atoms with Gasteiger partial charge in [-0.3, -0.25) is 4.79 Å². The Labute approximate surface area is 117 Å². The molecule has 5 heteroatoms. The maximum Gasteiger partial charge on any atom is 0.243 e. The summed E-state index contributed by atoms with van der Waals surface area (Å²) in [5, 5.41) is 5.02. The molecular formula is C14H19N3OS. The number of imidazole rings is 1. The zero-order valence-electron chi connectivity index (χ0n) is 11.5. The highest BCUT2D eigenvalue weighted by molar-refractivity contribution is 7.13. The number of nitrogens with zero attached hydrogens (tertiary/aromatic N) is 2. The smallest absolute Gasteiger partial charge is 0.243 e. The average molecular weight is 277 g/mol. The van der Waals surface area contributed by atoms with Gasteiger partial charge in [0.1, 0.15) is 6.04 Å². The molecule has 0 aromatic carbocycles. The fourth-order valence-corrected chi connectivity index (χ4v) is 2.54. The molecule has 2 rings (SSSR count). The maximum absolute atomic E-state index is 12.2. The normalized spacial score (nSPS) is 14.1. The summed E-state index contributed by atoms with van der Waals surface area (Å²) in [6.45, 7) is 5.97. The molecule has 0 aliphatic heterocycles. The Morgan fingerprint density at radius 2 is 2.32 bits per heavy atom. The molecule has 2 atom stereocenters. The Bertz CT molecular complexity index is 533. The molecule has 2 aromatic rings. The van der Waals surface area contributed by atoms with Gasteiger partial charge in [-0.05, 0) is 31.7 Å². The zero-order valence-corrected chi connectivity index (χ0v) is 12.3. The van der Waals surface area contributed by atoms with Crippen LogP contribution in [0.3, 0.4) is 0 Å². The molecule has 102 valence electrons. The van der Waals surface area contributed by atoms with Crippen LogP contribution in [0.5, 0.6) is 0 Å². The molecule has 19 heavy (non-hydrogen) atoms. The molecule has 2 unspecified atom stereocenters. The predicted octanol–water partition coefficient (Wildman–Crippen LogP) is 3.09. The monoisotopic (exact) mass is 277 g/mol. The summed E-state index contributed by atoms with van der Waals surface area (Å²) in [6, 6.07) is 3.95. The Morgan fingerprint density at radius 1 is 1.53 bits per heavy atom. The van der Waals surface area contributed by atoms with E-state index in [1.807, 2.05) is 42.1 Å². The van der Waals surface area contributed by atoms with Crippen molar-refractivity contribution in [3.8, 4) is 10.7 Å². The van der Waals surface area contributed by atoms with Crippen molar-refractivity contribution in [1.82, 2.24) is 14.9 Å². The van der Waals surface area contributed by atoms with Gasteiger partial charge in [0, 0.05) is 18.4 Å². The Kier molecular flexibility index (Phi) is 4.37. The Morgan fingerprint density at radius 3 is 2.95 bits per heavy atom. The van der Waals surface area contributed by atoms with E-state index in [0.717, 1.165) is 17.1 Å². The number of carbonyl (C=O) groups excluding carboxylic acids is 1. The second kappa shape index (κ2) is 6.02. The number of rotatable bonds is 5. The van der Waals surface area contributed by atoms with Gasteiger partial charge in [-0.25, -0.2) is 4.98 Å². The highest BCUT2D eigenvalue weighted by Crippen LogP contribution is 2.25. The van der Waals surface area contributed by atoms with E-state index in [9.17, 15) is 4.79 Å². The van der Waals surface area contributed by atoms with Crippen LogP contribution >= 0.6 is 11.3 Å². The fourth-order valence-electron chi connectivity index (χ4n) is 1.81. The SMILES string of the molecule is CCC(C)NC(=O)C(C)n1ccnc1-c1cccs1. The second-order valence-corrected chi connectivity index (χ2v) is 5.58. The van der Waals surface area contributed by atoms with E-state index in [1.165, 1.54) is 0 Å². The van der Waals surface area contributed by atoms with Gasteiger partial charge in [0.05, 0.1) is 4.88 Å². The lowest BCUT2D eigenvalue weighted by atomic mass is 10.2. The minimum atomic E-state index is -0.256. The summed E-state index contributed by atoms with van der Waals surface area (Å²) < 4.78 is 1.92. The number of amides is 1. The maximum atomic E-state index is 12.2. The van der Waals surface area contributed by atoms with Crippen LogP contribution in [-0.2, 0) is 4.79 Å². The summed E-state index contributed by atoms with van der Waals surface area (Å²) in [5.41, 5.74) is 0. The molecule has 1 amide bonds. The molecule has 4 nitrogen and oxygen atoms in total. The van der Waals surface area contributed by atoms with Crippen LogP contribution in [0.25, 0.3) is 10.7 Å². The first-order chi connectivity index (χ1) is 9.13. The van der Waals surface area contributed by atoms with Crippen LogP contribution in [0.4, 0.5) is 0 Å². The van der Waals surface area contributed by atoms with E-state index in [1.54, 1.807) is 17.5 Å². The standard InChI is InChI=1S/C14H19N3OS/c1-4-10(2)16-14(18)11(3)17-8-7-15-13(17)12-6-5-9-19-12/h5-11H,4H2,1-3H3,(H,16,18). The summed E-state index contributed by atoms with van der Waals surface area (Å²) in [4.78, 5) is 17.6. The van der Waals surface area contributed by atoms with Crippen molar-refractivity contribution in [3.63, 3.8) is 0 Å². The van der Waals surface area contributed by atoms with Gasteiger partial charge < -0.3 is 9.88 Å². The van der Waals surface area contributed by atoms with Crippen LogP contribution in [-0.4, -0.2) is 21.5 Å². The third kappa shape index (κ3) is 3.04. The van der Waals surface area contributed by atoms with Crippen LogP contribution in [0.15, 0.2) is 29.9 Å². The molecule has 2 heterocycles. The minimum absolute atomic E-state index is 0.0326. The zero-order chi connectivity index (χ0) is 13.8. The molecule has 0 saturated carbocycles. The molecule has 0 spiro atoms. The largest absolute Gasteiger partial charge is 0.352 e. The highest BCUT2D eigenvalue weighted by Gasteiger charge is 2.19. The molecule has 0 saturated heterocycles. The molecule has 1 N–H and O–H groups in total. The van der Waals surface area contributed by atoms with E-state index in [-0.39, 0.29) is 18.0 Å². The number of carbonyl (C=O) groups is 1. The first-order valence-corrected chi connectivity index (χ1v) is 7.38. The van der Waals surface area contributed by atoms with Crippen molar-refractivity contribution >= 4 is 17.2 Å². The number of hydrogen-bond donors (Lipinski definition) is 1. The average Bonchev–Trinajstić information content (AvgIpc) is 3.07.